The van der Waals surface area contributed by atoms with Crippen molar-refractivity contribution in [2.45, 2.75) is 11.8 Å². The molecule has 0 unspecified atom stereocenters. The van der Waals surface area contributed by atoms with Gasteiger partial charge in [-0.05, 0) is 43.3 Å². The third-order valence-corrected chi connectivity index (χ3v) is 7.25. The highest BCUT2D eigenvalue weighted by molar-refractivity contribution is 7.89. The van der Waals surface area contributed by atoms with Gasteiger partial charge in [0.1, 0.15) is 0 Å². The van der Waals surface area contributed by atoms with Crippen molar-refractivity contribution < 1.29 is 13.2 Å². The van der Waals surface area contributed by atoms with Gasteiger partial charge in [-0.15, -0.1) is 0 Å². The summed E-state index contributed by atoms with van der Waals surface area (Å²) in [6, 6.07) is 15.5. The lowest BCUT2D eigenvalue weighted by Gasteiger charge is -2.34. The number of amides is 1. The van der Waals surface area contributed by atoms with E-state index in [4.69, 9.17) is 11.6 Å². The lowest BCUT2D eigenvalue weighted by atomic mass is 10.1. The Kier molecular flexibility index (Phi) is 5.29. The Morgan fingerprint density at radius 1 is 1.00 bits per heavy atom. The Morgan fingerprint density at radius 2 is 1.69 bits per heavy atom. The summed E-state index contributed by atoms with van der Waals surface area (Å²) in [7, 11) is -3.55. The molecule has 4 rings (SSSR count). The highest BCUT2D eigenvalue weighted by atomic mass is 35.5. The maximum absolute atomic E-state index is 13.1. The molecule has 1 aliphatic heterocycles. The van der Waals surface area contributed by atoms with Gasteiger partial charge in [-0.3, -0.25) is 9.78 Å². The first-order valence-electron chi connectivity index (χ1n) is 9.27. The largest absolute Gasteiger partial charge is 0.336 e. The average molecular weight is 430 g/mol. The van der Waals surface area contributed by atoms with Crippen molar-refractivity contribution in [3.05, 3.63) is 70.9 Å². The van der Waals surface area contributed by atoms with Crippen LogP contribution in [0.3, 0.4) is 0 Å². The standard InChI is InChI=1S/C21H20ClN3O3S/c1-15-19(14-16-13-17(22)7-8-20(16)23-15)21(26)24-9-11-25(12-10-24)29(27,28)18-5-3-2-4-6-18/h2-8,13-14H,9-12H2,1H3. The maximum Gasteiger partial charge on any atom is 0.255 e. The van der Waals surface area contributed by atoms with Crippen LogP contribution in [0.25, 0.3) is 10.9 Å². The number of aromatic nitrogens is 1. The molecule has 0 bridgehead atoms. The summed E-state index contributed by atoms with van der Waals surface area (Å²) in [6.45, 7) is 2.98. The average Bonchev–Trinajstić information content (AvgIpc) is 2.74. The van der Waals surface area contributed by atoms with E-state index in [1.807, 2.05) is 6.07 Å². The SMILES string of the molecule is Cc1nc2ccc(Cl)cc2cc1C(=O)N1CCN(S(=O)(=O)c2ccccc2)CC1. The van der Waals surface area contributed by atoms with Gasteiger partial charge in [-0.1, -0.05) is 29.8 Å². The molecule has 8 heteroatoms. The third-order valence-electron chi connectivity index (χ3n) is 5.10. The van der Waals surface area contributed by atoms with Gasteiger partial charge >= 0.3 is 0 Å². The number of fused-ring (bicyclic) bond motifs is 1. The molecule has 0 spiro atoms. The van der Waals surface area contributed by atoms with Crippen LogP contribution < -0.4 is 0 Å². The molecule has 0 radical (unpaired) electrons. The van der Waals surface area contributed by atoms with Gasteiger partial charge in [0.2, 0.25) is 10.0 Å². The first-order chi connectivity index (χ1) is 13.9. The number of pyridine rings is 1. The summed E-state index contributed by atoms with van der Waals surface area (Å²) in [6.07, 6.45) is 0. The molecule has 1 fully saturated rings. The fraction of sp³-hybridized carbons (Fsp3) is 0.238. The number of sulfonamides is 1. The predicted molar refractivity (Wildman–Crippen MR) is 113 cm³/mol. The maximum atomic E-state index is 13.1. The second kappa shape index (κ2) is 7.74. The van der Waals surface area contributed by atoms with Crippen LogP contribution in [-0.2, 0) is 10.0 Å². The van der Waals surface area contributed by atoms with Crippen molar-refractivity contribution in [2.75, 3.05) is 26.2 Å². The normalized spacial score (nSPS) is 15.6. The summed E-state index contributed by atoms with van der Waals surface area (Å²) >= 11 is 6.06. The van der Waals surface area contributed by atoms with Crippen LogP contribution in [0.5, 0.6) is 0 Å². The minimum Gasteiger partial charge on any atom is -0.336 e. The van der Waals surface area contributed by atoms with E-state index < -0.39 is 10.0 Å². The Labute approximate surface area is 174 Å². The first-order valence-corrected chi connectivity index (χ1v) is 11.1. The summed E-state index contributed by atoms with van der Waals surface area (Å²) in [5.74, 6) is -0.145. The molecule has 6 nitrogen and oxygen atoms in total. The van der Waals surface area contributed by atoms with Crippen molar-refractivity contribution in [2.24, 2.45) is 0 Å². The van der Waals surface area contributed by atoms with Crippen molar-refractivity contribution in [1.29, 1.82) is 0 Å². The third kappa shape index (κ3) is 3.85. The molecule has 1 amide bonds. The van der Waals surface area contributed by atoms with Gasteiger partial charge in [0.05, 0.1) is 21.7 Å². The van der Waals surface area contributed by atoms with E-state index >= 15 is 0 Å². The van der Waals surface area contributed by atoms with Crippen LogP contribution in [0.15, 0.2) is 59.5 Å². The first kappa shape index (κ1) is 19.8. The fourth-order valence-electron chi connectivity index (χ4n) is 3.50. The summed E-state index contributed by atoms with van der Waals surface area (Å²) in [4.78, 5) is 19.5. The summed E-state index contributed by atoms with van der Waals surface area (Å²) in [5.41, 5.74) is 1.94. The molecule has 150 valence electrons. The Hall–Kier alpha value is -2.48. The number of aryl methyl sites for hydroxylation is 1. The number of nitrogens with zero attached hydrogens (tertiary/aromatic N) is 3. The molecule has 1 aromatic heterocycles. The lowest BCUT2D eigenvalue weighted by Crippen LogP contribution is -2.50. The van der Waals surface area contributed by atoms with Crippen molar-refractivity contribution in [3.8, 4) is 0 Å². The van der Waals surface area contributed by atoms with Crippen LogP contribution in [0, 0.1) is 6.92 Å². The van der Waals surface area contributed by atoms with Crippen LogP contribution in [-0.4, -0.2) is 54.7 Å². The van der Waals surface area contributed by atoms with Crippen molar-refractivity contribution >= 4 is 38.4 Å². The quantitative estimate of drug-likeness (QED) is 0.640. The predicted octanol–water partition coefficient (Wildman–Crippen LogP) is 3.34. The number of rotatable bonds is 3. The Bertz CT molecular complexity index is 1170. The number of carbonyl (C=O) groups excluding carboxylic acids is 1. The van der Waals surface area contributed by atoms with E-state index in [2.05, 4.69) is 4.98 Å². The van der Waals surface area contributed by atoms with Crippen LogP contribution >= 0.6 is 11.6 Å². The Morgan fingerprint density at radius 3 is 2.38 bits per heavy atom. The highest BCUT2D eigenvalue weighted by Crippen LogP contribution is 2.23. The second-order valence-corrected chi connectivity index (χ2v) is 9.34. The van der Waals surface area contributed by atoms with Gasteiger partial charge in [0.25, 0.3) is 5.91 Å². The van der Waals surface area contributed by atoms with E-state index in [-0.39, 0.29) is 23.9 Å². The minimum absolute atomic E-state index is 0.145. The number of hydrogen-bond donors (Lipinski definition) is 0. The molecule has 0 N–H and O–H groups in total. The molecule has 2 heterocycles. The molecule has 1 aliphatic rings. The molecule has 29 heavy (non-hydrogen) atoms. The van der Waals surface area contributed by atoms with Crippen molar-refractivity contribution in [1.82, 2.24) is 14.2 Å². The zero-order valence-corrected chi connectivity index (χ0v) is 17.4. The number of halogens is 1. The highest BCUT2D eigenvalue weighted by Gasteiger charge is 2.30. The number of benzene rings is 2. The molecular formula is C21H20ClN3O3S. The van der Waals surface area contributed by atoms with Crippen molar-refractivity contribution in [3.63, 3.8) is 0 Å². The smallest absolute Gasteiger partial charge is 0.255 e. The molecular weight excluding hydrogens is 410 g/mol. The van der Waals surface area contributed by atoms with Gasteiger partial charge in [0, 0.05) is 36.6 Å². The zero-order chi connectivity index (χ0) is 20.6. The van der Waals surface area contributed by atoms with Gasteiger partial charge in [-0.25, -0.2) is 8.42 Å². The fourth-order valence-corrected chi connectivity index (χ4v) is 5.13. The molecule has 2 aromatic carbocycles. The molecule has 0 aliphatic carbocycles. The van der Waals surface area contributed by atoms with E-state index in [9.17, 15) is 13.2 Å². The van der Waals surface area contributed by atoms with Crippen LogP contribution in [0.4, 0.5) is 0 Å². The van der Waals surface area contributed by atoms with Gasteiger partial charge < -0.3 is 4.90 Å². The molecule has 1 saturated heterocycles. The summed E-state index contributed by atoms with van der Waals surface area (Å²) < 4.78 is 27.0. The molecule has 0 atom stereocenters. The number of piperazine rings is 1. The van der Waals surface area contributed by atoms with E-state index in [1.54, 1.807) is 60.4 Å². The monoisotopic (exact) mass is 429 g/mol. The van der Waals surface area contributed by atoms with E-state index in [1.165, 1.54) is 4.31 Å². The molecule has 0 saturated carbocycles. The van der Waals surface area contributed by atoms with E-state index in [0.29, 0.717) is 29.4 Å². The zero-order valence-electron chi connectivity index (χ0n) is 15.9. The molecule has 3 aromatic rings. The Balaban J connectivity index is 1.52. The number of carbonyl (C=O) groups is 1. The van der Waals surface area contributed by atoms with Gasteiger partial charge in [-0.2, -0.15) is 4.31 Å². The van der Waals surface area contributed by atoms with Crippen LogP contribution in [0.1, 0.15) is 16.1 Å². The second-order valence-electron chi connectivity index (χ2n) is 6.97. The summed E-state index contributed by atoms with van der Waals surface area (Å²) in [5, 5.41) is 1.39. The minimum atomic E-state index is -3.55. The van der Waals surface area contributed by atoms with E-state index in [0.717, 1.165) is 10.9 Å². The topological polar surface area (TPSA) is 70.6 Å². The number of hydrogen-bond acceptors (Lipinski definition) is 4. The lowest BCUT2D eigenvalue weighted by molar-refractivity contribution is 0.0697. The van der Waals surface area contributed by atoms with Gasteiger partial charge in [0.15, 0.2) is 0 Å². The van der Waals surface area contributed by atoms with Crippen LogP contribution in [0.2, 0.25) is 5.02 Å².